The van der Waals surface area contributed by atoms with E-state index >= 15 is 0 Å². The molecule has 1 atom stereocenters. The first-order chi connectivity index (χ1) is 15.8. The highest BCUT2D eigenvalue weighted by atomic mass is 16.4. The molecule has 1 amide bonds. The van der Waals surface area contributed by atoms with Gasteiger partial charge in [-0.15, -0.1) is 0 Å². The van der Waals surface area contributed by atoms with Crippen molar-refractivity contribution in [3.8, 4) is 0 Å². The van der Waals surface area contributed by atoms with E-state index in [0.717, 1.165) is 22.0 Å². The van der Waals surface area contributed by atoms with E-state index in [-0.39, 0.29) is 30.6 Å². The van der Waals surface area contributed by atoms with Gasteiger partial charge in [0, 0.05) is 36.6 Å². The minimum Gasteiger partial charge on any atom is -0.481 e. The predicted octanol–water partition coefficient (Wildman–Crippen LogP) is 4.83. The van der Waals surface area contributed by atoms with Gasteiger partial charge in [0.2, 0.25) is 5.91 Å². The summed E-state index contributed by atoms with van der Waals surface area (Å²) in [5, 5.41) is 17.3. The minimum absolute atomic E-state index is 0.0140. The van der Waals surface area contributed by atoms with Gasteiger partial charge in [-0.05, 0) is 60.9 Å². The molecule has 172 valence electrons. The molecule has 0 aliphatic carbocycles. The molecule has 33 heavy (non-hydrogen) atoms. The summed E-state index contributed by atoms with van der Waals surface area (Å²) in [6.07, 6.45) is 0.998. The topological polar surface area (TPSA) is 95.5 Å². The van der Waals surface area contributed by atoms with Crippen LogP contribution < -0.4 is 10.6 Å². The van der Waals surface area contributed by atoms with Gasteiger partial charge in [-0.1, -0.05) is 42.5 Å². The van der Waals surface area contributed by atoms with Crippen LogP contribution in [-0.4, -0.2) is 34.8 Å². The number of hydrogen-bond donors (Lipinski definition) is 3. The van der Waals surface area contributed by atoms with Crippen molar-refractivity contribution in [3.63, 3.8) is 0 Å². The maximum absolute atomic E-state index is 13.0. The molecule has 3 rings (SSSR count). The third kappa shape index (κ3) is 6.91. The van der Waals surface area contributed by atoms with Crippen LogP contribution in [0.25, 0.3) is 10.8 Å². The summed E-state index contributed by atoms with van der Waals surface area (Å²) in [5.41, 5.74) is 2.35. The Morgan fingerprint density at radius 2 is 1.58 bits per heavy atom. The molecule has 6 nitrogen and oxygen atoms in total. The Hall–Kier alpha value is -3.67. The highest BCUT2D eigenvalue weighted by Gasteiger charge is 2.21. The van der Waals surface area contributed by atoms with Gasteiger partial charge < -0.3 is 15.7 Å². The number of Topliss-reactive ketones (excluding diaryl/α,β-unsaturated/α-hetero) is 1. The third-order valence-electron chi connectivity index (χ3n) is 5.39. The first-order valence-electron chi connectivity index (χ1n) is 11.2. The van der Waals surface area contributed by atoms with Crippen molar-refractivity contribution in [2.75, 3.05) is 5.32 Å². The maximum Gasteiger partial charge on any atom is 0.303 e. The van der Waals surface area contributed by atoms with Gasteiger partial charge >= 0.3 is 5.97 Å². The zero-order chi connectivity index (χ0) is 23.8. The third-order valence-corrected chi connectivity index (χ3v) is 5.39. The summed E-state index contributed by atoms with van der Waals surface area (Å²) in [7, 11) is 0. The summed E-state index contributed by atoms with van der Waals surface area (Å²) in [6, 6.07) is 20.7. The number of carbonyl (C=O) groups excluding carboxylic acids is 2. The summed E-state index contributed by atoms with van der Waals surface area (Å²) in [6.45, 7) is 3.86. The largest absolute Gasteiger partial charge is 0.481 e. The smallest absolute Gasteiger partial charge is 0.303 e. The Kier molecular flexibility index (Phi) is 8.19. The van der Waals surface area contributed by atoms with Gasteiger partial charge in [0.15, 0.2) is 5.78 Å². The van der Waals surface area contributed by atoms with Gasteiger partial charge in [0.25, 0.3) is 0 Å². The van der Waals surface area contributed by atoms with Crippen LogP contribution in [0.5, 0.6) is 0 Å². The molecular formula is C27H30N2O4. The van der Waals surface area contributed by atoms with Crippen LogP contribution in [0.2, 0.25) is 0 Å². The van der Waals surface area contributed by atoms with Crippen molar-refractivity contribution in [1.29, 1.82) is 0 Å². The lowest BCUT2D eigenvalue weighted by Crippen LogP contribution is -2.44. The molecule has 0 bridgehead atoms. The number of aliphatic carboxylic acids is 1. The molecule has 6 heteroatoms. The number of carbonyl (C=O) groups is 3. The molecule has 0 radical (unpaired) electrons. The second kappa shape index (κ2) is 11.3. The van der Waals surface area contributed by atoms with E-state index in [4.69, 9.17) is 5.11 Å². The fourth-order valence-corrected chi connectivity index (χ4v) is 3.78. The standard InChI is InChI=1S/C27H30N2O4/c1-18(2)28-27(33)24(17-21-9-5-8-19-7-3-4-10-23(19)21)29-22-15-13-20(14-16-22)25(30)11-6-12-26(31)32/h3-5,7-10,13-16,18,24,29H,6,11-12,17H2,1-2H3,(H,28,33)(H,31,32)/t24-/m0/s1. The molecule has 0 unspecified atom stereocenters. The molecule has 0 aliphatic heterocycles. The zero-order valence-electron chi connectivity index (χ0n) is 19.0. The van der Waals surface area contributed by atoms with Crippen LogP contribution >= 0.6 is 0 Å². The quantitative estimate of drug-likeness (QED) is 0.367. The van der Waals surface area contributed by atoms with E-state index < -0.39 is 12.0 Å². The van der Waals surface area contributed by atoms with Crippen LogP contribution in [-0.2, 0) is 16.0 Å². The number of nitrogens with one attached hydrogen (secondary N) is 2. The molecule has 0 aliphatic rings. The van der Waals surface area contributed by atoms with Crippen molar-refractivity contribution in [2.45, 2.75) is 51.6 Å². The number of carboxylic acid groups (broad SMARTS) is 1. The number of ketones is 1. The van der Waals surface area contributed by atoms with Crippen LogP contribution in [0.4, 0.5) is 5.69 Å². The molecule has 0 heterocycles. The highest BCUT2D eigenvalue weighted by molar-refractivity contribution is 5.96. The average molecular weight is 447 g/mol. The highest BCUT2D eigenvalue weighted by Crippen LogP contribution is 2.21. The lowest BCUT2D eigenvalue weighted by Gasteiger charge is -2.22. The Morgan fingerprint density at radius 3 is 2.27 bits per heavy atom. The lowest BCUT2D eigenvalue weighted by molar-refractivity contribution is -0.137. The zero-order valence-corrected chi connectivity index (χ0v) is 19.0. The number of anilines is 1. The fourth-order valence-electron chi connectivity index (χ4n) is 3.78. The van der Waals surface area contributed by atoms with Crippen LogP contribution in [0, 0.1) is 0 Å². The van der Waals surface area contributed by atoms with E-state index in [1.54, 1.807) is 24.3 Å². The molecule has 0 aromatic heterocycles. The monoisotopic (exact) mass is 446 g/mol. The first-order valence-corrected chi connectivity index (χ1v) is 11.2. The van der Waals surface area contributed by atoms with Gasteiger partial charge in [0.1, 0.15) is 6.04 Å². The van der Waals surface area contributed by atoms with Gasteiger partial charge in [-0.25, -0.2) is 0 Å². The summed E-state index contributed by atoms with van der Waals surface area (Å²) in [4.78, 5) is 35.9. The van der Waals surface area contributed by atoms with Crippen molar-refractivity contribution >= 4 is 34.1 Å². The number of benzene rings is 3. The maximum atomic E-state index is 13.0. The number of fused-ring (bicyclic) bond motifs is 1. The van der Waals surface area contributed by atoms with E-state index in [1.807, 2.05) is 38.1 Å². The predicted molar refractivity (Wildman–Crippen MR) is 131 cm³/mol. The Bertz CT molecular complexity index is 1120. The molecule has 0 fully saturated rings. The molecular weight excluding hydrogens is 416 g/mol. The Balaban J connectivity index is 1.76. The second-order valence-corrected chi connectivity index (χ2v) is 8.45. The fraction of sp³-hybridized carbons (Fsp3) is 0.296. The number of amides is 1. The van der Waals surface area contributed by atoms with Crippen LogP contribution in [0.3, 0.4) is 0 Å². The van der Waals surface area contributed by atoms with Gasteiger partial charge in [-0.2, -0.15) is 0 Å². The van der Waals surface area contributed by atoms with Crippen molar-refractivity contribution in [3.05, 3.63) is 77.9 Å². The molecule has 3 N–H and O–H groups in total. The van der Waals surface area contributed by atoms with E-state index in [2.05, 4.69) is 28.8 Å². The first kappa shape index (κ1) is 24.0. The van der Waals surface area contributed by atoms with Gasteiger partial charge in [0.05, 0.1) is 0 Å². The molecule has 3 aromatic carbocycles. The molecule has 0 saturated carbocycles. The number of rotatable bonds is 11. The van der Waals surface area contributed by atoms with E-state index in [0.29, 0.717) is 18.4 Å². The van der Waals surface area contributed by atoms with Crippen LogP contribution in [0.1, 0.15) is 49.0 Å². The van der Waals surface area contributed by atoms with E-state index in [9.17, 15) is 14.4 Å². The summed E-state index contributed by atoms with van der Waals surface area (Å²) >= 11 is 0. The minimum atomic E-state index is -0.903. The van der Waals surface area contributed by atoms with Crippen LogP contribution in [0.15, 0.2) is 66.7 Å². The Labute approximate surface area is 194 Å². The summed E-state index contributed by atoms with van der Waals surface area (Å²) in [5.74, 6) is -1.08. The number of carboxylic acids is 1. The van der Waals surface area contributed by atoms with Crippen molar-refractivity contribution < 1.29 is 19.5 Å². The normalized spacial score (nSPS) is 11.8. The van der Waals surface area contributed by atoms with Crippen molar-refractivity contribution in [1.82, 2.24) is 5.32 Å². The second-order valence-electron chi connectivity index (χ2n) is 8.45. The molecule has 3 aromatic rings. The molecule has 0 saturated heterocycles. The number of hydrogen-bond acceptors (Lipinski definition) is 4. The summed E-state index contributed by atoms with van der Waals surface area (Å²) < 4.78 is 0. The van der Waals surface area contributed by atoms with Crippen molar-refractivity contribution in [2.24, 2.45) is 0 Å². The lowest BCUT2D eigenvalue weighted by atomic mass is 9.98. The molecule has 0 spiro atoms. The van der Waals surface area contributed by atoms with Gasteiger partial charge in [-0.3, -0.25) is 14.4 Å². The van der Waals surface area contributed by atoms with E-state index in [1.165, 1.54) is 0 Å². The Morgan fingerprint density at radius 1 is 0.879 bits per heavy atom. The SMILES string of the molecule is CC(C)NC(=O)[C@H](Cc1cccc2ccccc12)Nc1ccc(C(=O)CCCC(=O)O)cc1. The average Bonchev–Trinajstić information content (AvgIpc) is 2.78.